The standard InChI is InChI=1S/C12H9FN2O2S/c1-7-14-5-4-11(15-7)18-10-6-8(12(16)17)2-3-9(10)13/h2-6H,1H3,(H,16,17). The summed E-state index contributed by atoms with van der Waals surface area (Å²) in [5.74, 6) is -0.980. The van der Waals surface area contributed by atoms with E-state index in [1.54, 1.807) is 19.2 Å². The Hall–Kier alpha value is -1.95. The first-order chi connectivity index (χ1) is 8.56. The van der Waals surface area contributed by atoms with E-state index in [1.807, 2.05) is 0 Å². The Morgan fingerprint density at radius 3 is 2.83 bits per heavy atom. The number of carboxylic acids is 1. The van der Waals surface area contributed by atoms with Gasteiger partial charge in [-0.15, -0.1) is 0 Å². The minimum absolute atomic E-state index is 0.0460. The first-order valence-electron chi connectivity index (χ1n) is 5.06. The smallest absolute Gasteiger partial charge is 0.335 e. The number of hydrogen-bond acceptors (Lipinski definition) is 4. The molecule has 0 aliphatic carbocycles. The van der Waals surface area contributed by atoms with Crippen LogP contribution in [0.25, 0.3) is 0 Å². The monoisotopic (exact) mass is 264 g/mol. The molecule has 0 aliphatic rings. The number of aryl methyl sites for hydroxylation is 1. The molecule has 0 unspecified atom stereocenters. The van der Waals surface area contributed by atoms with Crippen LogP contribution in [0, 0.1) is 12.7 Å². The van der Waals surface area contributed by atoms with Crippen LogP contribution in [0.2, 0.25) is 0 Å². The highest BCUT2D eigenvalue weighted by atomic mass is 32.2. The molecular formula is C12H9FN2O2S. The van der Waals surface area contributed by atoms with Gasteiger partial charge in [-0.25, -0.2) is 19.2 Å². The Morgan fingerprint density at radius 2 is 2.17 bits per heavy atom. The molecule has 0 bridgehead atoms. The van der Waals surface area contributed by atoms with Crippen LogP contribution >= 0.6 is 11.8 Å². The largest absolute Gasteiger partial charge is 0.478 e. The van der Waals surface area contributed by atoms with E-state index in [1.165, 1.54) is 12.1 Å². The lowest BCUT2D eigenvalue weighted by Crippen LogP contribution is -1.97. The minimum atomic E-state index is -1.09. The van der Waals surface area contributed by atoms with E-state index in [0.717, 1.165) is 17.8 Å². The molecule has 0 atom stereocenters. The molecule has 0 fully saturated rings. The third-order valence-electron chi connectivity index (χ3n) is 2.14. The molecule has 4 nitrogen and oxygen atoms in total. The summed E-state index contributed by atoms with van der Waals surface area (Å²) in [5, 5.41) is 9.43. The van der Waals surface area contributed by atoms with E-state index < -0.39 is 11.8 Å². The molecule has 0 saturated heterocycles. The minimum Gasteiger partial charge on any atom is -0.478 e. The van der Waals surface area contributed by atoms with Gasteiger partial charge in [-0.3, -0.25) is 0 Å². The zero-order valence-electron chi connectivity index (χ0n) is 9.42. The van der Waals surface area contributed by atoms with Gasteiger partial charge >= 0.3 is 5.97 Å². The number of hydrogen-bond donors (Lipinski definition) is 1. The molecule has 2 aromatic rings. The van der Waals surface area contributed by atoms with Crippen molar-refractivity contribution in [3.05, 3.63) is 47.7 Å². The van der Waals surface area contributed by atoms with Gasteiger partial charge in [0.15, 0.2) is 0 Å². The van der Waals surface area contributed by atoms with Crippen molar-refractivity contribution in [3.63, 3.8) is 0 Å². The van der Waals surface area contributed by atoms with Crippen molar-refractivity contribution in [2.45, 2.75) is 16.8 Å². The van der Waals surface area contributed by atoms with Crippen molar-refractivity contribution in [1.29, 1.82) is 0 Å². The van der Waals surface area contributed by atoms with E-state index in [9.17, 15) is 9.18 Å². The zero-order valence-corrected chi connectivity index (χ0v) is 10.2. The fourth-order valence-electron chi connectivity index (χ4n) is 1.32. The summed E-state index contributed by atoms with van der Waals surface area (Å²) in [7, 11) is 0. The molecular weight excluding hydrogens is 255 g/mol. The predicted octanol–water partition coefficient (Wildman–Crippen LogP) is 2.77. The molecule has 1 aromatic carbocycles. The molecule has 0 aliphatic heterocycles. The molecule has 0 radical (unpaired) electrons. The van der Waals surface area contributed by atoms with Gasteiger partial charge in [0, 0.05) is 6.20 Å². The van der Waals surface area contributed by atoms with E-state index in [2.05, 4.69) is 9.97 Å². The first kappa shape index (κ1) is 12.5. The van der Waals surface area contributed by atoms with Crippen molar-refractivity contribution in [3.8, 4) is 0 Å². The van der Waals surface area contributed by atoms with E-state index in [-0.39, 0.29) is 10.5 Å². The molecule has 1 heterocycles. The third-order valence-corrected chi connectivity index (χ3v) is 3.11. The van der Waals surface area contributed by atoms with E-state index >= 15 is 0 Å². The maximum absolute atomic E-state index is 13.6. The van der Waals surface area contributed by atoms with Crippen LogP contribution in [0.15, 0.2) is 40.4 Å². The van der Waals surface area contributed by atoms with Crippen LogP contribution in [0.1, 0.15) is 16.2 Å². The maximum atomic E-state index is 13.6. The summed E-state index contributed by atoms with van der Waals surface area (Å²) in [6.45, 7) is 1.73. The summed E-state index contributed by atoms with van der Waals surface area (Å²) < 4.78 is 13.6. The molecule has 92 valence electrons. The topological polar surface area (TPSA) is 63.1 Å². The van der Waals surface area contributed by atoms with Crippen LogP contribution in [0.5, 0.6) is 0 Å². The van der Waals surface area contributed by atoms with Crippen LogP contribution in [-0.4, -0.2) is 21.0 Å². The van der Waals surface area contributed by atoms with E-state index in [0.29, 0.717) is 10.9 Å². The Morgan fingerprint density at radius 1 is 1.39 bits per heavy atom. The average molecular weight is 264 g/mol. The number of rotatable bonds is 3. The number of carbonyl (C=O) groups is 1. The van der Waals surface area contributed by atoms with Crippen molar-refractivity contribution < 1.29 is 14.3 Å². The zero-order chi connectivity index (χ0) is 13.1. The highest BCUT2D eigenvalue weighted by Crippen LogP contribution is 2.29. The highest BCUT2D eigenvalue weighted by Gasteiger charge is 2.10. The van der Waals surface area contributed by atoms with E-state index in [4.69, 9.17) is 5.11 Å². The summed E-state index contributed by atoms with van der Waals surface area (Å²) in [6, 6.07) is 5.30. The summed E-state index contributed by atoms with van der Waals surface area (Å²) in [4.78, 5) is 19.1. The summed E-state index contributed by atoms with van der Waals surface area (Å²) in [6.07, 6.45) is 1.57. The number of aromatic carboxylic acids is 1. The number of aromatic nitrogens is 2. The molecule has 1 aromatic heterocycles. The van der Waals surface area contributed by atoms with Gasteiger partial charge in [-0.05, 0) is 31.2 Å². The van der Waals surface area contributed by atoms with Gasteiger partial charge < -0.3 is 5.11 Å². The second kappa shape index (κ2) is 5.14. The molecule has 0 saturated carbocycles. The van der Waals surface area contributed by atoms with Gasteiger partial charge in [-0.1, -0.05) is 11.8 Å². The lowest BCUT2D eigenvalue weighted by Gasteiger charge is -2.04. The number of nitrogens with zero attached hydrogens (tertiary/aromatic N) is 2. The Labute approximate surface area is 107 Å². The molecule has 1 N–H and O–H groups in total. The van der Waals surface area contributed by atoms with Gasteiger partial charge in [0.05, 0.1) is 10.5 Å². The third kappa shape index (κ3) is 2.84. The SMILES string of the molecule is Cc1nccc(Sc2cc(C(=O)O)ccc2F)n1. The van der Waals surface area contributed by atoms with Crippen molar-refractivity contribution in [2.75, 3.05) is 0 Å². The van der Waals surface area contributed by atoms with Crippen LogP contribution in [-0.2, 0) is 0 Å². The fourth-order valence-corrected chi connectivity index (χ4v) is 2.20. The van der Waals surface area contributed by atoms with Crippen LogP contribution in [0.4, 0.5) is 4.39 Å². The maximum Gasteiger partial charge on any atom is 0.335 e. The Kier molecular flexibility index (Phi) is 3.57. The van der Waals surface area contributed by atoms with Crippen molar-refractivity contribution >= 4 is 17.7 Å². The van der Waals surface area contributed by atoms with Crippen molar-refractivity contribution in [1.82, 2.24) is 9.97 Å². The lowest BCUT2D eigenvalue weighted by atomic mass is 10.2. The lowest BCUT2D eigenvalue weighted by molar-refractivity contribution is 0.0696. The first-order valence-corrected chi connectivity index (χ1v) is 5.88. The molecule has 18 heavy (non-hydrogen) atoms. The predicted molar refractivity (Wildman–Crippen MR) is 64.3 cm³/mol. The number of halogens is 1. The highest BCUT2D eigenvalue weighted by molar-refractivity contribution is 7.99. The van der Waals surface area contributed by atoms with Crippen molar-refractivity contribution in [2.24, 2.45) is 0 Å². The second-order valence-electron chi connectivity index (χ2n) is 3.49. The van der Waals surface area contributed by atoms with Gasteiger partial charge in [0.1, 0.15) is 16.7 Å². The normalized spacial score (nSPS) is 10.3. The average Bonchev–Trinajstić information content (AvgIpc) is 2.31. The fraction of sp³-hybridized carbons (Fsp3) is 0.0833. The second-order valence-corrected chi connectivity index (χ2v) is 4.56. The number of benzene rings is 1. The Balaban J connectivity index is 2.33. The molecule has 2 rings (SSSR count). The van der Waals surface area contributed by atoms with Crippen LogP contribution < -0.4 is 0 Å². The van der Waals surface area contributed by atoms with Gasteiger partial charge in [-0.2, -0.15) is 0 Å². The quantitative estimate of drug-likeness (QED) is 0.864. The van der Waals surface area contributed by atoms with Crippen LogP contribution in [0.3, 0.4) is 0 Å². The van der Waals surface area contributed by atoms with Gasteiger partial charge in [0.25, 0.3) is 0 Å². The molecule has 0 amide bonds. The summed E-state index contributed by atoms with van der Waals surface area (Å²) in [5.41, 5.74) is 0.0460. The van der Waals surface area contributed by atoms with Gasteiger partial charge in [0.2, 0.25) is 0 Å². The summed E-state index contributed by atoms with van der Waals surface area (Å²) >= 11 is 1.07. The Bertz CT molecular complexity index is 604. The molecule has 6 heteroatoms. The number of carboxylic acid groups (broad SMARTS) is 1. The molecule has 0 spiro atoms.